The Morgan fingerprint density at radius 3 is 2.58 bits per heavy atom. The van der Waals surface area contributed by atoms with Gasteiger partial charge in [-0.2, -0.15) is 5.10 Å². The molecule has 0 bridgehead atoms. The molecule has 2 rings (SSSR count). The van der Waals surface area contributed by atoms with Gasteiger partial charge in [-0.25, -0.2) is 5.43 Å². The van der Waals surface area contributed by atoms with Gasteiger partial charge in [0.1, 0.15) is 5.56 Å². The minimum absolute atomic E-state index is 0.0493. The lowest BCUT2D eigenvalue weighted by atomic mass is 10.2. The summed E-state index contributed by atoms with van der Waals surface area (Å²) in [7, 11) is 0. The van der Waals surface area contributed by atoms with Gasteiger partial charge < -0.3 is 14.0 Å². The number of aryl methyl sites for hydroxylation is 1. The second-order valence-electron chi connectivity index (χ2n) is 5.28. The van der Waals surface area contributed by atoms with Gasteiger partial charge in [0.25, 0.3) is 11.5 Å². The van der Waals surface area contributed by atoms with Crippen molar-refractivity contribution in [1.82, 2.24) is 9.99 Å². The van der Waals surface area contributed by atoms with Crippen LogP contribution in [0.15, 0.2) is 46.4 Å². The fourth-order valence-corrected chi connectivity index (χ4v) is 2.33. The van der Waals surface area contributed by atoms with Gasteiger partial charge in [0, 0.05) is 12.7 Å². The molecule has 1 N–H and O–H groups in total. The predicted octanol–water partition coefficient (Wildman–Crippen LogP) is 2.43. The highest BCUT2D eigenvalue weighted by atomic mass is 16.5. The number of pyridine rings is 1. The van der Waals surface area contributed by atoms with E-state index in [2.05, 4.69) is 10.5 Å². The maximum Gasteiger partial charge on any atom is 0.276 e. The summed E-state index contributed by atoms with van der Waals surface area (Å²) in [6.07, 6.45) is 3.12. The zero-order valence-corrected chi connectivity index (χ0v) is 15.2. The molecule has 0 aliphatic carbocycles. The minimum Gasteiger partial charge on any atom is -0.490 e. The number of benzene rings is 1. The number of carbonyl (C=O) groups excluding carboxylic acids is 1. The molecular formula is C19H23N3O4. The molecule has 1 aromatic heterocycles. The van der Waals surface area contributed by atoms with Crippen molar-refractivity contribution in [2.75, 3.05) is 13.2 Å². The van der Waals surface area contributed by atoms with Crippen LogP contribution < -0.4 is 20.5 Å². The highest BCUT2D eigenvalue weighted by molar-refractivity contribution is 5.94. The maximum atomic E-state index is 12.1. The zero-order chi connectivity index (χ0) is 18.9. The summed E-state index contributed by atoms with van der Waals surface area (Å²) in [4.78, 5) is 24.3. The monoisotopic (exact) mass is 357 g/mol. The van der Waals surface area contributed by atoms with Gasteiger partial charge in [-0.1, -0.05) is 0 Å². The molecule has 7 nitrogen and oxygen atoms in total. The van der Waals surface area contributed by atoms with Crippen molar-refractivity contribution in [2.24, 2.45) is 5.10 Å². The average Bonchev–Trinajstić information content (AvgIpc) is 2.64. The number of nitrogens with one attached hydrogen (secondary N) is 1. The van der Waals surface area contributed by atoms with E-state index in [9.17, 15) is 9.59 Å². The molecule has 2 aromatic rings. The zero-order valence-electron chi connectivity index (χ0n) is 15.2. The van der Waals surface area contributed by atoms with Crippen LogP contribution >= 0.6 is 0 Å². The van der Waals surface area contributed by atoms with Crippen molar-refractivity contribution >= 4 is 12.1 Å². The molecule has 0 aliphatic heterocycles. The summed E-state index contributed by atoms with van der Waals surface area (Å²) in [5, 5.41) is 3.92. The van der Waals surface area contributed by atoms with Crippen LogP contribution in [0.4, 0.5) is 0 Å². The Morgan fingerprint density at radius 1 is 1.15 bits per heavy atom. The van der Waals surface area contributed by atoms with Crippen molar-refractivity contribution in [3.63, 3.8) is 0 Å². The smallest absolute Gasteiger partial charge is 0.276 e. The topological polar surface area (TPSA) is 81.9 Å². The van der Waals surface area contributed by atoms with Crippen LogP contribution in [0, 0.1) is 0 Å². The van der Waals surface area contributed by atoms with Crippen molar-refractivity contribution in [2.45, 2.75) is 27.3 Å². The first-order valence-electron chi connectivity index (χ1n) is 8.53. The molecule has 1 aromatic carbocycles. The first-order valence-corrected chi connectivity index (χ1v) is 8.53. The Balaban J connectivity index is 2.11. The van der Waals surface area contributed by atoms with E-state index in [1.165, 1.54) is 16.8 Å². The van der Waals surface area contributed by atoms with Crippen molar-refractivity contribution in [1.29, 1.82) is 0 Å². The predicted molar refractivity (Wildman–Crippen MR) is 100 cm³/mol. The van der Waals surface area contributed by atoms with E-state index in [0.717, 1.165) is 5.56 Å². The van der Waals surface area contributed by atoms with Gasteiger partial charge >= 0.3 is 0 Å². The van der Waals surface area contributed by atoms with Gasteiger partial charge in [0.15, 0.2) is 11.5 Å². The summed E-state index contributed by atoms with van der Waals surface area (Å²) in [5.41, 5.74) is 2.81. The van der Waals surface area contributed by atoms with E-state index in [-0.39, 0.29) is 11.1 Å². The molecular weight excluding hydrogens is 334 g/mol. The van der Waals surface area contributed by atoms with Crippen LogP contribution in [0.5, 0.6) is 11.5 Å². The number of hydrogen-bond donors (Lipinski definition) is 1. The van der Waals surface area contributed by atoms with Gasteiger partial charge in [-0.3, -0.25) is 9.59 Å². The third-order valence-corrected chi connectivity index (χ3v) is 3.55. The lowest BCUT2D eigenvalue weighted by molar-refractivity contribution is 0.0953. The molecule has 26 heavy (non-hydrogen) atoms. The van der Waals surface area contributed by atoms with Crippen LogP contribution in [0.2, 0.25) is 0 Å². The minimum atomic E-state index is -0.551. The molecule has 0 atom stereocenters. The van der Waals surface area contributed by atoms with Crippen LogP contribution in [0.1, 0.15) is 36.7 Å². The van der Waals surface area contributed by atoms with Crippen molar-refractivity contribution < 1.29 is 14.3 Å². The number of carbonyl (C=O) groups is 1. The molecule has 0 aliphatic rings. The van der Waals surface area contributed by atoms with Crippen molar-refractivity contribution in [3.8, 4) is 11.5 Å². The Bertz CT molecular complexity index is 843. The Labute approximate surface area is 152 Å². The van der Waals surface area contributed by atoms with Gasteiger partial charge in [0.05, 0.1) is 19.4 Å². The molecule has 0 unspecified atom stereocenters. The van der Waals surface area contributed by atoms with Gasteiger partial charge in [-0.05, 0) is 56.7 Å². The second kappa shape index (κ2) is 9.41. The Hall–Kier alpha value is -3.09. The molecule has 0 saturated carbocycles. The molecule has 0 fully saturated rings. The number of hydrogen-bond acceptors (Lipinski definition) is 5. The highest BCUT2D eigenvalue weighted by Gasteiger charge is 2.10. The fraction of sp³-hybridized carbons (Fsp3) is 0.316. The average molecular weight is 357 g/mol. The second-order valence-corrected chi connectivity index (χ2v) is 5.28. The Morgan fingerprint density at radius 2 is 1.88 bits per heavy atom. The molecule has 0 spiro atoms. The lowest BCUT2D eigenvalue weighted by Gasteiger charge is -2.11. The van der Waals surface area contributed by atoms with Crippen LogP contribution in [0.3, 0.4) is 0 Å². The molecule has 138 valence electrons. The standard InChI is InChI=1S/C19H23N3O4/c1-4-22-11-7-8-15(19(22)24)18(23)21-20-13-14-9-10-16(25-5-2)17(12-14)26-6-3/h7-13H,4-6H2,1-3H3,(H,21,23)/b20-13-. The van der Waals surface area contributed by atoms with Crippen LogP contribution in [-0.2, 0) is 6.54 Å². The summed E-state index contributed by atoms with van der Waals surface area (Å²) in [5.74, 6) is 0.712. The third-order valence-electron chi connectivity index (χ3n) is 3.55. The van der Waals surface area contributed by atoms with E-state index in [0.29, 0.717) is 31.3 Å². The van der Waals surface area contributed by atoms with Gasteiger partial charge in [-0.15, -0.1) is 0 Å². The van der Waals surface area contributed by atoms with Crippen molar-refractivity contribution in [3.05, 3.63) is 58.0 Å². The number of aromatic nitrogens is 1. The first kappa shape index (κ1) is 19.2. The maximum absolute atomic E-state index is 12.1. The number of amides is 1. The number of hydrazone groups is 1. The number of nitrogens with zero attached hydrogens (tertiary/aromatic N) is 2. The SMILES string of the molecule is CCOc1ccc(/C=N\NC(=O)c2cccn(CC)c2=O)cc1OCC. The summed E-state index contributed by atoms with van der Waals surface area (Å²) in [6.45, 7) is 7.17. The molecule has 1 heterocycles. The molecule has 0 saturated heterocycles. The highest BCUT2D eigenvalue weighted by Crippen LogP contribution is 2.27. The van der Waals surface area contributed by atoms with E-state index in [1.54, 1.807) is 30.5 Å². The van der Waals surface area contributed by atoms with E-state index in [1.807, 2.05) is 20.8 Å². The molecule has 7 heteroatoms. The Kier molecular flexibility index (Phi) is 6.96. The molecule has 1 amide bonds. The summed E-state index contributed by atoms with van der Waals surface area (Å²) >= 11 is 0. The normalized spacial score (nSPS) is 10.7. The van der Waals surface area contributed by atoms with Crippen LogP contribution in [-0.4, -0.2) is 29.9 Å². The quantitative estimate of drug-likeness (QED) is 0.581. The summed E-state index contributed by atoms with van der Waals surface area (Å²) in [6, 6.07) is 8.50. The third kappa shape index (κ3) is 4.72. The van der Waals surface area contributed by atoms with E-state index in [4.69, 9.17) is 9.47 Å². The van der Waals surface area contributed by atoms with Crippen LogP contribution in [0.25, 0.3) is 0 Å². The number of ether oxygens (including phenoxy) is 2. The van der Waals surface area contributed by atoms with Gasteiger partial charge in [0.2, 0.25) is 0 Å². The lowest BCUT2D eigenvalue weighted by Crippen LogP contribution is -2.30. The fourth-order valence-electron chi connectivity index (χ4n) is 2.33. The summed E-state index contributed by atoms with van der Waals surface area (Å²) < 4.78 is 12.5. The number of rotatable bonds is 8. The van der Waals surface area contributed by atoms with E-state index < -0.39 is 5.91 Å². The molecule has 0 radical (unpaired) electrons. The van der Waals surface area contributed by atoms with E-state index >= 15 is 0 Å². The largest absolute Gasteiger partial charge is 0.490 e. The first-order chi connectivity index (χ1) is 12.6.